The molecule has 2 atom stereocenters. The van der Waals surface area contributed by atoms with Crippen molar-refractivity contribution in [1.29, 1.82) is 0 Å². The maximum absolute atomic E-state index is 10.3. The van der Waals surface area contributed by atoms with Crippen LogP contribution in [0.15, 0.2) is 12.1 Å². The van der Waals surface area contributed by atoms with Gasteiger partial charge in [0.15, 0.2) is 0 Å². The van der Waals surface area contributed by atoms with Gasteiger partial charge in [-0.15, -0.1) is 0 Å². The molecule has 0 spiro atoms. The molecule has 19 heavy (non-hydrogen) atoms. The van der Waals surface area contributed by atoms with Crippen molar-refractivity contribution < 1.29 is 10.2 Å². The molecule has 0 aromatic heterocycles. The van der Waals surface area contributed by atoms with E-state index < -0.39 is 5.60 Å². The minimum atomic E-state index is -0.718. The monoisotopic (exact) mass is 265 g/mol. The van der Waals surface area contributed by atoms with Crippen LogP contribution in [0, 0.1) is 19.8 Å². The Balaban J connectivity index is 2.61. The fraction of sp³-hybridized carbons (Fsp3) is 0.625. The van der Waals surface area contributed by atoms with Gasteiger partial charge in [0.1, 0.15) is 5.75 Å². The number of benzene rings is 1. The van der Waals surface area contributed by atoms with Gasteiger partial charge < -0.3 is 15.5 Å². The predicted octanol–water partition coefficient (Wildman–Crippen LogP) is 2.90. The minimum absolute atomic E-state index is 0.244. The third kappa shape index (κ3) is 4.22. The molecule has 0 aliphatic carbocycles. The molecule has 1 aromatic rings. The zero-order valence-electron chi connectivity index (χ0n) is 12.7. The lowest BCUT2D eigenvalue weighted by molar-refractivity contribution is 0.00531. The molecule has 3 heteroatoms. The van der Waals surface area contributed by atoms with Crippen molar-refractivity contribution in [1.82, 2.24) is 5.32 Å². The summed E-state index contributed by atoms with van der Waals surface area (Å²) in [5.41, 5.74) is 2.42. The van der Waals surface area contributed by atoms with Gasteiger partial charge in [-0.3, -0.25) is 0 Å². The second-order valence-electron chi connectivity index (χ2n) is 5.84. The Labute approximate surface area is 116 Å². The van der Waals surface area contributed by atoms with Gasteiger partial charge in [0.05, 0.1) is 5.60 Å². The Morgan fingerprint density at radius 3 is 2.42 bits per heavy atom. The largest absolute Gasteiger partial charge is 0.508 e. The van der Waals surface area contributed by atoms with Crippen LogP contribution < -0.4 is 5.32 Å². The van der Waals surface area contributed by atoms with E-state index in [1.54, 1.807) is 6.07 Å². The fourth-order valence-electron chi connectivity index (χ4n) is 2.07. The standard InChI is InChI=1S/C16H27NO2/c1-6-13(4)16(5,19)10-17-9-14-7-11(2)12(3)8-15(14)18/h7-8,13,17-19H,6,9-10H2,1-5H3. The van der Waals surface area contributed by atoms with Crippen molar-refractivity contribution in [2.24, 2.45) is 5.92 Å². The summed E-state index contributed by atoms with van der Waals surface area (Å²) in [6, 6.07) is 3.79. The van der Waals surface area contributed by atoms with Crippen LogP contribution in [0.5, 0.6) is 5.75 Å². The summed E-state index contributed by atoms with van der Waals surface area (Å²) in [6.45, 7) is 11.1. The van der Waals surface area contributed by atoms with E-state index >= 15 is 0 Å². The summed E-state index contributed by atoms with van der Waals surface area (Å²) in [5, 5.41) is 23.4. The molecule has 0 amide bonds. The Bertz CT molecular complexity index is 427. The second kappa shape index (κ2) is 6.40. The number of aliphatic hydroxyl groups is 1. The average molecular weight is 265 g/mol. The number of phenols is 1. The highest BCUT2D eigenvalue weighted by Crippen LogP contribution is 2.22. The summed E-state index contributed by atoms with van der Waals surface area (Å²) >= 11 is 0. The molecule has 2 unspecified atom stereocenters. The highest BCUT2D eigenvalue weighted by molar-refractivity contribution is 5.40. The molecule has 108 valence electrons. The number of phenolic OH excluding ortho intramolecular Hbond substituents is 1. The first-order valence-corrected chi connectivity index (χ1v) is 7.00. The Morgan fingerprint density at radius 1 is 1.26 bits per heavy atom. The number of hydrogen-bond donors (Lipinski definition) is 3. The summed E-state index contributed by atoms with van der Waals surface area (Å²) in [6.07, 6.45) is 0.948. The molecule has 1 aromatic carbocycles. The molecule has 0 radical (unpaired) electrons. The van der Waals surface area contributed by atoms with E-state index in [-0.39, 0.29) is 5.92 Å². The summed E-state index contributed by atoms with van der Waals surface area (Å²) in [5.74, 6) is 0.562. The van der Waals surface area contributed by atoms with E-state index in [0.717, 1.165) is 17.5 Å². The number of hydrogen-bond acceptors (Lipinski definition) is 3. The third-order valence-corrected chi connectivity index (χ3v) is 4.17. The highest BCUT2D eigenvalue weighted by atomic mass is 16.3. The molecule has 0 aliphatic heterocycles. The van der Waals surface area contributed by atoms with Crippen LogP contribution in [0.25, 0.3) is 0 Å². The maximum atomic E-state index is 10.3. The fourth-order valence-corrected chi connectivity index (χ4v) is 2.07. The van der Waals surface area contributed by atoms with Gasteiger partial charge in [0, 0.05) is 18.7 Å². The Kier molecular flexibility index (Phi) is 5.39. The smallest absolute Gasteiger partial charge is 0.120 e. The van der Waals surface area contributed by atoms with Crippen LogP contribution in [0.4, 0.5) is 0 Å². The molecule has 0 fully saturated rings. The third-order valence-electron chi connectivity index (χ3n) is 4.17. The molecule has 3 N–H and O–H groups in total. The normalized spacial score (nSPS) is 16.1. The van der Waals surface area contributed by atoms with Crippen LogP contribution >= 0.6 is 0 Å². The van der Waals surface area contributed by atoms with Gasteiger partial charge in [-0.25, -0.2) is 0 Å². The molecular weight excluding hydrogens is 238 g/mol. The summed E-state index contributed by atoms with van der Waals surface area (Å²) < 4.78 is 0. The van der Waals surface area contributed by atoms with Gasteiger partial charge >= 0.3 is 0 Å². The van der Waals surface area contributed by atoms with E-state index in [2.05, 4.69) is 19.2 Å². The lowest BCUT2D eigenvalue weighted by atomic mass is 9.88. The van der Waals surface area contributed by atoms with Crippen LogP contribution in [0.1, 0.15) is 43.9 Å². The lowest BCUT2D eigenvalue weighted by Gasteiger charge is -2.30. The number of rotatable bonds is 6. The van der Waals surface area contributed by atoms with Crippen LogP contribution in [0.3, 0.4) is 0 Å². The van der Waals surface area contributed by atoms with Crippen molar-refractivity contribution in [3.05, 3.63) is 28.8 Å². The van der Waals surface area contributed by atoms with Gasteiger partial charge in [-0.2, -0.15) is 0 Å². The Hall–Kier alpha value is -1.06. The van der Waals surface area contributed by atoms with E-state index in [1.807, 2.05) is 26.8 Å². The summed E-state index contributed by atoms with van der Waals surface area (Å²) in [4.78, 5) is 0. The first-order chi connectivity index (χ1) is 8.77. The van der Waals surface area contributed by atoms with Crippen LogP contribution in [0.2, 0.25) is 0 Å². The Morgan fingerprint density at radius 2 is 1.84 bits per heavy atom. The molecule has 0 saturated carbocycles. The topological polar surface area (TPSA) is 52.5 Å². The molecule has 1 rings (SSSR count). The van der Waals surface area contributed by atoms with Crippen molar-refractivity contribution in [2.75, 3.05) is 6.54 Å². The second-order valence-corrected chi connectivity index (χ2v) is 5.84. The van der Waals surface area contributed by atoms with Gasteiger partial charge in [0.2, 0.25) is 0 Å². The maximum Gasteiger partial charge on any atom is 0.120 e. The van der Waals surface area contributed by atoms with Crippen molar-refractivity contribution >= 4 is 0 Å². The molecular formula is C16H27NO2. The van der Waals surface area contributed by atoms with Crippen LogP contribution in [-0.2, 0) is 6.54 Å². The number of nitrogens with one attached hydrogen (secondary N) is 1. The zero-order valence-corrected chi connectivity index (χ0v) is 12.7. The van der Waals surface area contributed by atoms with Crippen molar-refractivity contribution in [3.63, 3.8) is 0 Å². The van der Waals surface area contributed by atoms with E-state index in [0.29, 0.717) is 18.8 Å². The van der Waals surface area contributed by atoms with Crippen molar-refractivity contribution in [2.45, 2.75) is 53.2 Å². The van der Waals surface area contributed by atoms with E-state index in [4.69, 9.17) is 0 Å². The lowest BCUT2D eigenvalue weighted by Crippen LogP contribution is -2.42. The highest BCUT2D eigenvalue weighted by Gasteiger charge is 2.26. The molecule has 0 aliphatic rings. The van der Waals surface area contributed by atoms with Gasteiger partial charge in [0.25, 0.3) is 0 Å². The predicted molar refractivity (Wildman–Crippen MR) is 79.4 cm³/mol. The van der Waals surface area contributed by atoms with Gasteiger partial charge in [-0.05, 0) is 43.9 Å². The van der Waals surface area contributed by atoms with Crippen LogP contribution in [-0.4, -0.2) is 22.4 Å². The SMILES string of the molecule is CCC(C)C(C)(O)CNCc1cc(C)c(C)cc1O. The average Bonchev–Trinajstić information content (AvgIpc) is 2.34. The quantitative estimate of drug-likeness (QED) is 0.741. The first kappa shape index (κ1) is 16.0. The zero-order chi connectivity index (χ0) is 14.6. The first-order valence-electron chi connectivity index (χ1n) is 7.00. The molecule has 3 nitrogen and oxygen atoms in total. The molecule has 0 bridgehead atoms. The van der Waals surface area contributed by atoms with Gasteiger partial charge in [-0.1, -0.05) is 26.3 Å². The number of aromatic hydroxyl groups is 1. The molecule has 0 heterocycles. The minimum Gasteiger partial charge on any atom is -0.508 e. The molecule has 0 saturated heterocycles. The van der Waals surface area contributed by atoms with E-state index in [9.17, 15) is 10.2 Å². The summed E-state index contributed by atoms with van der Waals surface area (Å²) in [7, 11) is 0. The number of aryl methyl sites for hydroxylation is 2. The van der Waals surface area contributed by atoms with E-state index in [1.165, 1.54) is 5.56 Å². The van der Waals surface area contributed by atoms with Crippen molar-refractivity contribution in [3.8, 4) is 5.75 Å².